The van der Waals surface area contributed by atoms with E-state index in [-0.39, 0.29) is 17.5 Å². The van der Waals surface area contributed by atoms with Crippen LogP contribution < -0.4 is 26.2 Å². The summed E-state index contributed by atoms with van der Waals surface area (Å²) in [5.41, 5.74) is 29.4. The van der Waals surface area contributed by atoms with E-state index in [1.165, 1.54) is 60.9 Å². The molecule has 2 aliphatic heterocycles. The summed E-state index contributed by atoms with van der Waals surface area (Å²) >= 11 is 0. The molecule has 0 aliphatic carbocycles. The van der Waals surface area contributed by atoms with E-state index in [9.17, 15) is 0 Å². The van der Waals surface area contributed by atoms with Gasteiger partial charge in [-0.25, -0.2) is 0 Å². The van der Waals surface area contributed by atoms with Crippen molar-refractivity contribution in [3.05, 3.63) is 296 Å². The summed E-state index contributed by atoms with van der Waals surface area (Å²) in [6.07, 6.45) is 0. The molecule has 2 heterocycles. The number of benzene rings is 12. The number of hydrogen-bond acceptors (Lipinski definition) is 2. The SMILES string of the molecule is CC(C)(C)c1ccc(-c2cc3c4c(c2)N(c2c(-c5ccccc5)cccc2-c2ccccc2)c2cc(-c5ccccc5)ccc2B4c2ccc(-c4ccccc4)cc2N3c2c(-c3ccccc3)cccc2-c2ccccc2)c(C(C)(C)C)c1. The molecule has 0 fully saturated rings. The van der Waals surface area contributed by atoms with Crippen molar-refractivity contribution in [2.24, 2.45) is 0 Å². The predicted octanol–water partition coefficient (Wildman–Crippen LogP) is 20.0. The maximum absolute atomic E-state index is 2.67. The molecule has 83 heavy (non-hydrogen) atoms. The van der Waals surface area contributed by atoms with E-state index in [0.29, 0.717) is 0 Å². The maximum atomic E-state index is 2.67. The van der Waals surface area contributed by atoms with E-state index in [4.69, 9.17) is 0 Å². The molecule has 3 heteroatoms. The van der Waals surface area contributed by atoms with Crippen molar-refractivity contribution >= 4 is 57.2 Å². The Balaban J connectivity index is 1.19. The van der Waals surface area contributed by atoms with Crippen molar-refractivity contribution in [1.82, 2.24) is 0 Å². The molecule has 0 unspecified atom stereocenters. The summed E-state index contributed by atoms with van der Waals surface area (Å²) < 4.78 is 0. The third kappa shape index (κ3) is 9.18. The highest BCUT2D eigenvalue weighted by atomic mass is 15.2. The van der Waals surface area contributed by atoms with Crippen LogP contribution in [0.3, 0.4) is 0 Å². The van der Waals surface area contributed by atoms with Crippen molar-refractivity contribution in [2.45, 2.75) is 52.4 Å². The van der Waals surface area contributed by atoms with E-state index in [1.807, 2.05) is 0 Å². The Hall–Kier alpha value is -9.70. The molecule has 0 amide bonds. The van der Waals surface area contributed by atoms with Gasteiger partial charge in [0.05, 0.1) is 11.4 Å². The predicted molar refractivity (Wildman–Crippen MR) is 356 cm³/mol. The van der Waals surface area contributed by atoms with Gasteiger partial charge in [0, 0.05) is 45.0 Å². The molecule has 0 aromatic heterocycles. The van der Waals surface area contributed by atoms with Crippen LogP contribution in [0.15, 0.2) is 285 Å². The van der Waals surface area contributed by atoms with Crippen LogP contribution in [0, 0.1) is 0 Å². The molecule has 12 aromatic carbocycles. The van der Waals surface area contributed by atoms with Crippen molar-refractivity contribution in [2.75, 3.05) is 9.80 Å². The molecule has 2 nitrogen and oxygen atoms in total. The van der Waals surface area contributed by atoms with Crippen molar-refractivity contribution in [1.29, 1.82) is 0 Å². The monoisotopic (exact) mass is 1060 g/mol. The average molecular weight is 1070 g/mol. The normalized spacial score (nSPS) is 12.6. The van der Waals surface area contributed by atoms with Crippen LogP contribution in [0.2, 0.25) is 0 Å². The van der Waals surface area contributed by atoms with E-state index in [1.54, 1.807) is 0 Å². The quantitative estimate of drug-likeness (QED) is 0.133. The van der Waals surface area contributed by atoms with Crippen molar-refractivity contribution in [3.63, 3.8) is 0 Å². The van der Waals surface area contributed by atoms with Gasteiger partial charge in [0.25, 0.3) is 6.71 Å². The fourth-order valence-electron chi connectivity index (χ4n) is 13.1. The Morgan fingerprint density at radius 2 is 0.590 bits per heavy atom. The molecule has 0 bridgehead atoms. The first kappa shape index (κ1) is 51.5. The molecule has 0 saturated carbocycles. The molecule has 0 N–H and O–H groups in total. The lowest BCUT2D eigenvalue weighted by Gasteiger charge is -2.46. The van der Waals surface area contributed by atoms with Crippen LogP contribution in [-0.4, -0.2) is 6.71 Å². The zero-order valence-corrected chi connectivity index (χ0v) is 48.1. The van der Waals surface area contributed by atoms with Crippen molar-refractivity contribution < 1.29 is 0 Å². The van der Waals surface area contributed by atoms with Crippen LogP contribution in [0.5, 0.6) is 0 Å². The van der Waals surface area contributed by atoms with Crippen LogP contribution in [-0.2, 0) is 10.8 Å². The minimum absolute atomic E-state index is 0.0501. The second-order valence-corrected chi connectivity index (χ2v) is 24.4. The fraction of sp³-hybridized carbons (Fsp3) is 0.100. The molecule has 398 valence electrons. The number of rotatable bonds is 9. The number of hydrogen-bond donors (Lipinski definition) is 0. The number of nitrogens with zero attached hydrogens (tertiary/aromatic N) is 2. The minimum Gasteiger partial charge on any atom is -0.310 e. The first-order valence-electron chi connectivity index (χ1n) is 29.3. The lowest BCUT2D eigenvalue weighted by atomic mass is 9.33. The second-order valence-electron chi connectivity index (χ2n) is 24.4. The van der Waals surface area contributed by atoms with Gasteiger partial charge in [-0.3, -0.25) is 0 Å². The summed E-state index contributed by atoms with van der Waals surface area (Å²) in [7, 11) is 0. The van der Waals surface area contributed by atoms with E-state index in [2.05, 4.69) is 336 Å². The van der Waals surface area contributed by atoms with E-state index in [0.717, 1.165) is 78.6 Å². The van der Waals surface area contributed by atoms with Gasteiger partial charge in [-0.15, -0.1) is 0 Å². The van der Waals surface area contributed by atoms with Gasteiger partial charge in [0.1, 0.15) is 0 Å². The van der Waals surface area contributed by atoms with Gasteiger partial charge in [-0.1, -0.05) is 302 Å². The Morgan fingerprint density at radius 1 is 0.253 bits per heavy atom. The Bertz CT molecular complexity index is 4010. The highest BCUT2D eigenvalue weighted by Gasteiger charge is 2.46. The Morgan fingerprint density at radius 3 is 0.928 bits per heavy atom. The van der Waals surface area contributed by atoms with Gasteiger partial charge < -0.3 is 9.80 Å². The zero-order chi connectivity index (χ0) is 56.4. The first-order valence-corrected chi connectivity index (χ1v) is 29.3. The molecule has 14 rings (SSSR count). The molecular formula is C80H65BN2. The Kier molecular flexibility index (Phi) is 12.8. The highest BCUT2D eigenvalue weighted by Crippen LogP contribution is 2.54. The lowest BCUT2D eigenvalue weighted by molar-refractivity contribution is 0.570. The van der Waals surface area contributed by atoms with E-state index < -0.39 is 0 Å². The van der Waals surface area contributed by atoms with Gasteiger partial charge in [0.2, 0.25) is 0 Å². The summed E-state index contributed by atoms with van der Waals surface area (Å²) in [6, 6.07) is 107. The fourth-order valence-corrected chi connectivity index (χ4v) is 13.1. The second kappa shape index (κ2) is 20.7. The van der Waals surface area contributed by atoms with Crippen LogP contribution >= 0.6 is 0 Å². The van der Waals surface area contributed by atoms with E-state index >= 15 is 0 Å². The highest BCUT2D eigenvalue weighted by molar-refractivity contribution is 7.00. The molecule has 0 atom stereocenters. The molecule has 0 radical (unpaired) electrons. The number of fused-ring (bicyclic) bond motifs is 4. The average Bonchev–Trinajstić information content (AvgIpc) is 1.43. The van der Waals surface area contributed by atoms with Gasteiger partial charge in [0.15, 0.2) is 0 Å². The van der Waals surface area contributed by atoms with Gasteiger partial charge >= 0.3 is 0 Å². The largest absolute Gasteiger partial charge is 0.310 e. The van der Waals surface area contributed by atoms with Crippen LogP contribution in [0.25, 0.3) is 77.9 Å². The van der Waals surface area contributed by atoms with Crippen LogP contribution in [0.4, 0.5) is 34.1 Å². The van der Waals surface area contributed by atoms with Crippen molar-refractivity contribution in [3.8, 4) is 77.9 Å². The van der Waals surface area contributed by atoms with Gasteiger partial charge in [-0.05, 0) is 118 Å². The summed E-state index contributed by atoms with van der Waals surface area (Å²) in [5, 5.41) is 0. The topological polar surface area (TPSA) is 6.48 Å². The van der Waals surface area contributed by atoms with Gasteiger partial charge in [-0.2, -0.15) is 0 Å². The molecule has 2 aliphatic rings. The summed E-state index contributed by atoms with van der Waals surface area (Å²) in [4.78, 5) is 5.35. The van der Waals surface area contributed by atoms with Crippen LogP contribution in [0.1, 0.15) is 52.7 Å². The number of anilines is 6. The Labute approximate surface area is 490 Å². The molecule has 12 aromatic rings. The molecule has 0 spiro atoms. The molecular weight excluding hydrogens is 1000 g/mol. The smallest absolute Gasteiger partial charge is 0.252 e. The third-order valence-corrected chi connectivity index (χ3v) is 17.1. The third-order valence-electron chi connectivity index (χ3n) is 17.1. The summed E-state index contributed by atoms with van der Waals surface area (Å²) in [5.74, 6) is 0. The standard InChI is InChI=1S/C80H65BN2/c1-79(2,3)63-45-46-64(69(53-63)80(4,5)6)62-51-74-76-75(52-62)83(78-67(58-35-21-11-22-36-58)41-26-42-68(78)59-37-23-12-24-38-59)73-50-61(55-29-15-8-16-30-55)44-48-71(73)81(76)70-47-43-60(54-27-13-7-14-28-54)49-72(70)82(74)77-65(56-31-17-9-18-32-56)39-25-40-66(77)57-33-19-10-20-34-57/h7-53H,1-6H3. The molecule has 0 saturated heterocycles. The number of para-hydroxylation sites is 2. The lowest BCUT2D eigenvalue weighted by Crippen LogP contribution is -2.61. The first-order chi connectivity index (χ1) is 40.5. The minimum atomic E-state index is -0.194. The summed E-state index contributed by atoms with van der Waals surface area (Å²) in [6.45, 7) is 14.0. The zero-order valence-electron chi connectivity index (χ0n) is 48.1. The maximum Gasteiger partial charge on any atom is 0.252 e.